The lowest BCUT2D eigenvalue weighted by Crippen LogP contribution is -2.24. The minimum absolute atomic E-state index is 0.229. The predicted molar refractivity (Wildman–Crippen MR) is 89.1 cm³/mol. The lowest BCUT2D eigenvalue weighted by Gasteiger charge is -2.10. The van der Waals surface area contributed by atoms with Gasteiger partial charge in [-0.3, -0.25) is 9.78 Å². The van der Waals surface area contributed by atoms with Gasteiger partial charge >= 0.3 is 0 Å². The van der Waals surface area contributed by atoms with Gasteiger partial charge in [-0.2, -0.15) is 0 Å². The Bertz CT molecular complexity index is 617. The lowest BCUT2D eigenvalue weighted by atomic mass is 10.3. The molecule has 2 heterocycles. The van der Waals surface area contributed by atoms with Crippen LogP contribution in [0.5, 0.6) is 0 Å². The predicted octanol–water partition coefficient (Wildman–Crippen LogP) is 1.17. The maximum absolute atomic E-state index is 12.1. The highest BCUT2D eigenvalue weighted by molar-refractivity contribution is 5.92. The number of hydrogen-bond donors (Lipinski definition) is 2. The number of anilines is 1. The zero-order valence-electron chi connectivity index (χ0n) is 13.5. The molecule has 0 aliphatic rings. The molecule has 23 heavy (non-hydrogen) atoms. The molecule has 7 heteroatoms. The molecule has 0 unspecified atom stereocenters. The van der Waals surface area contributed by atoms with Crippen LogP contribution in [-0.2, 0) is 6.54 Å². The van der Waals surface area contributed by atoms with Gasteiger partial charge in [0.25, 0.3) is 5.91 Å². The second-order valence-corrected chi connectivity index (χ2v) is 5.42. The molecule has 7 nitrogen and oxygen atoms in total. The van der Waals surface area contributed by atoms with Crippen LogP contribution in [0.2, 0.25) is 0 Å². The Kier molecular flexibility index (Phi) is 6.43. The Morgan fingerprint density at radius 1 is 1.30 bits per heavy atom. The van der Waals surface area contributed by atoms with Gasteiger partial charge in [0.1, 0.15) is 17.8 Å². The van der Waals surface area contributed by atoms with E-state index in [0.717, 1.165) is 25.1 Å². The maximum Gasteiger partial charge on any atom is 0.270 e. The Balaban J connectivity index is 1.84. The van der Waals surface area contributed by atoms with Gasteiger partial charge in [-0.05, 0) is 38.7 Å². The topological polar surface area (TPSA) is 83.0 Å². The SMILES string of the molecule is CN(C)CCCNc1cc(C(=O)NCc2cccnc2)ncn1. The fourth-order valence-corrected chi connectivity index (χ4v) is 1.97. The molecule has 122 valence electrons. The average Bonchev–Trinajstić information content (AvgIpc) is 2.57. The summed E-state index contributed by atoms with van der Waals surface area (Å²) in [7, 11) is 4.07. The first-order valence-electron chi connectivity index (χ1n) is 7.53. The molecule has 0 saturated heterocycles. The second-order valence-electron chi connectivity index (χ2n) is 5.42. The Morgan fingerprint density at radius 2 is 2.17 bits per heavy atom. The van der Waals surface area contributed by atoms with Crippen LogP contribution in [0.4, 0.5) is 5.82 Å². The summed E-state index contributed by atoms with van der Waals surface area (Å²) in [4.78, 5) is 26.4. The highest BCUT2D eigenvalue weighted by atomic mass is 16.1. The summed E-state index contributed by atoms with van der Waals surface area (Å²) in [6.45, 7) is 2.21. The molecule has 0 radical (unpaired) electrons. The average molecular weight is 314 g/mol. The smallest absolute Gasteiger partial charge is 0.270 e. The Morgan fingerprint density at radius 3 is 2.91 bits per heavy atom. The van der Waals surface area contributed by atoms with E-state index in [2.05, 4.69) is 30.5 Å². The van der Waals surface area contributed by atoms with Gasteiger partial charge in [-0.1, -0.05) is 6.07 Å². The Hall–Kier alpha value is -2.54. The van der Waals surface area contributed by atoms with E-state index < -0.39 is 0 Å². The third-order valence-electron chi connectivity index (χ3n) is 3.16. The molecule has 0 atom stereocenters. The largest absolute Gasteiger partial charge is 0.370 e. The first kappa shape index (κ1) is 16.8. The fraction of sp³-hybridized carbons (Fsp3) is 0.375. The molecule has 2 N–H and O–H groups in total. The number of nitrogens with one attached hydrogen (secondary N) is 2. The van der Waals surface area contributed by atoms with E-state index in [9.17, 15) is 4.79 Å². The van der Waals surface area contributed by atoms with Crippen molar-refractivity contribution in [2.45, 2.75) is 13.0 Å². The van der Waals surface area contributed by atoms with Gasteiger partial charge in [-0.15, -0.1) is 0 Å². The molecule has 0 fully saturated rings. The molecule has 0 bridgehead atoms. The number of rotatable bonds is 8. The summed E-state index contributed by atoms with van der Waals surface area (Å²) in [5.74, 6) is 0.429. The van der Waals surface area contributed by atoms with E-state index in [1.807, 2.05) is 26.2 Å². The van der Waals surface area contributed by atoms with Crippen LogP contribution in [0.3, 0.4) is 0 Å². The molecule has 0 aliphatic carbocycles. The van der Waals surface area contributed by atoms with Gasteiger partial charge in [0.15, 0.2) is 0 Å². The van der Waals surface area contributed by atoms with Crippen molar-refractivity contribution in [2.75, 3.05) is 32.5 Å². The minimum atomic E-state index is -0.229. The zero-order valence-corrected chi connectivity index (χ0v) is 13.5. The van der Waals surface area contributed by atoms with E-state index in [-0.39, 0.29) is 5.91 Å². The summed E-state index contributed by atoms with van der Waals surface area (Å²) >= 11 is 0. The molecular weight excluding hydrogens is 292 g/mol. The van der Waals surface area contributed by atoms with E-state index in [4.69, 9.17) is 0 Å². The molecule has 0 saturated carbocycles. The minimum Gasteiger partial charge on any atom is -0.370 e. The van der Waals surface area contributed by atoms with Crippen LogP contribution in [-0.4, -0.2) is 52.9 Å². The standard InChI is InChI=1S/C16H22N6O/c1-22(2)8-4-7-18-15-9-14(20-12-21-15)16(23)19-11-13-5-3-6-17-10-13/h3,5-6,9-10,12H,4,7-8,11H2,1-2H3,(H,19,23)(H,18,20,21). The van der Waals surface area contributed by atoms with Gasteiger partial charge in [0.05, 0.1) is 0 Å². The number of amides is 1. The van der Waals surface area contributed by atoms with Crippen LogP contribution in [0.1, 0.15) is 22.5 Å². The lowest BCUT2D eigenvalue weighted by molar-refractivity contribution is 0.0945. The molecule has 0 spiro atoms. The van der Waals surface area contributed by atoms with E-state index in [0.29, 0.717) is 18.1 Å². The third kappa shape index (κ3) is 5.99. The molecule has 2 aromatic heterocycles. The van der Waals surface area contributed by atoms with Crippen molar-refractivity contribution in [3.8, 4) is 0 Å². The molecule has 0 aliphatic heterocycles. The van der Waals surface area contributed by atoms with Crippen molar-refractivity contribution in [1.29, 1.82) is 0 Å². The monoisotopic (exact) mass is 314 g/mol. The molecule has 2 aromatic rings. The number of carbonyl (C=O) groups is 1. The molecule has 2 rings (SSSR count). The highest BCUT2D eigenvalue weighted by Crippen LogP contribution is 2.05. The molecular formula is C16H22N6O. The number of hydrogen-bond acceptors (Lipinski definition) is 6. The fourth-order valence-electron chi connectivity index (χ4n) is 1.97. The van der Waals surface area contributed by atoms with Crippen molar-refractivity contribution in [3.05, 3.63) is 48.2 Å². The summed E-state index contributed by atoms with van der Waals surface area (Å²) in [5.41, 5.74) is 1.29. The third-order valence-corrected chi connectivity index (χ3v) is 3.16. The van der Waals surface area contributed by atoms with Crippen molar-refractivity contribution in [2.24, 2.45) is 0 Å². The van der Waals surface area contributed by atoms with Crippen molar-refractivity contribution in [3.63, 3.8) is 0 Å². The zero-order chi connectivity index (χ0) is 16.5. The van der Waals surface area contributed by atoms with Gasteiger partial charge < -0.3 is 15.5 Å². The van der Waals surface area contributed by atoms with Crippen LogP contribution in [0.25, 0.3) is 0 Å². The Labute approximate surface area is 136 Å². The molecule has 1 amide bonds. The van der Waals surface area contributed by atoms with E-state index in [1.54, 1.807) is 18.5 Å². The summed E-state index contributed by atoms with van der Waals surface area (Å²) < 4.78 is 0. The van der Waals surface area contributed by atoms with Crippen LogP contribution < -0.4 is 10.6 Å². The summed E-state index contributed by atoms with van der Waals surface area (Å²) in [6.07, 6.45) is 5.81. The maximum atomic E-state index is 12.1. The first-order valence-corrected chi connectivity index (χ1v) is 7.53. The van der Waals surface area contributed by atoms with E-state index >= 15 is 0 Å². The molecule has 0 aromatic carbocycles. The first-order chi connectivity index (χ1) is 11.1. The summed E-state index contributed by atoms with van der Waals surface area (Å²) in [6, 6.07) is 5.40. The highest BCUT2D eigenvalue weighted by Gasteiger charge is 2.08. The van der Waals surface area contributed by atoms with Gasteiger partial charge in [0, 0.05) is 31.5 Å². The normalized spacial score (nSPS) is 10.6. The van der Waals surface area contributed by atoms with Crippen molar-refractivity contribution < 1.29 is 4.79 Å². The number of pyridine rings is 1. The van der Waals surface area contributed by atoms with Crippen molar-refractivity contribution >= 4 is 11.7 Å². The second kappa shape index (κ2) is 8.79. The van der Waals surface area contributed by atoms with Crippen molar-refractivity contribution in [1.82, 2.24) is 25.2 Å². The van der Waals surface area contributed by atoms with Gasteiger partial charge in [0.2, 0.25) is 0 Å². The van der Waals surface area contributed by atoms with Crippen LogP contribution in [0.15, 0.2) is 36.9 Å². The van der Waals surface area contributed by atoms with Crippen LogP contribution in [0, 0.1) is 0 Å². The van der Waals surface area contributed by atoms with Crippen LogP contribution >= 0.6 is 0 Å². The number of nitrogens with zero attached hydrogens (tertiary/aromatic N) is 4. The number of aromatic nitrogens is 3. The summed E-state index contributed by atoms with van der Waals surface area (Å²) in [5, 5.41) is 6.02. The van der Waals surface area contributed by atoms with E-state index in [1.165, 1.54) is 6.33 Å². The number of carbonyl (C=O) groups excluding carboxylic acids is 1. The quantitative estimate of drug-likeness (QED) is 0.712. The van der Waals surface area contributed by atoms with Gasteiger partial charge in [-0.25, -0.2) is 9.97 Å².